The first-order chi connectivity index (χ1) is 20.6. The van der Waals surface area contributed by atoms with Crippen LogP contribution in [0.1, 0.15) is 11.8 Å². The molecule has 2 aromatic rings. The maximum atomic E-state index is 14.1. The highest BCUT2D eigenvalue weighted by Crippen LogP contribution is 2.68. The van der Waals surface area contributed by atoms with Crippen molar-refractivity contribution in [3.05, 3.63) is 36.8 Å². The Kier molecular flexibility index (Phi) is 9.13. The Morgan fingerprint density at radius 3 is 2.66 bits per heavy atom. The number of phosphoric acid groups is 1. The number of hydrogen-bond acceptors (Lipinski definition) is 16. The van der Waals surface area contributed by atoms with E-state index in [-0.39, 0.29) is 5.82 Å². The number of fused-ring (bicyclic) bond motifs is 2. The van der Waals surface area contributed by atoms with E-state index in [1.54, 1.807) is 12.1 Å². The molecule has 246 valence electrons. The van der Waals surface area contributed by atoms with Crippen LogP contribution in [0.2, 0.25) is 0 Å². The van der Waals surface area contributed by atoms with E-state index in [1.807, 2.05) is 0 Å². The van der Waals surface area contributed by atoms with Gasteiger partial charge in [0.15, 0.2) is 17.9 Å². The van der Waals surface area contributed by atoms with E-state index in [0.29, 0.717) is 11.2 Å². The van der Waals surface area contributed by atoms with Gasteiger partial charge in [-0.1, -0.05) is 18.3 Å². The lowest BCUT2D eigenvalue weighted by Gasteiger charge is -2.49. The fourth-order valence-electron chi connectivity index (χ4n) is 5.93. The number of aliphatic hydroxyl groups excluding tert-OH is 4. The Morgan fingerprint density at radius 1 is 1.32 bits per heavy atom. The number of halogens is 1. The average molecular weight is 689 g/mol. The molecule has 5 rings (SSSR count). The van der Waals surface area contributed by atoms with E-state index >= 15 is 0 Å². The summed E-state index contributed by atoms with van der Waals surface area (Å²) in [6.45, 7) is -2.91. The molecule has 0 bridgehead atoms. The van der Waals surface area contributed by atoms with Crippen LogP contribution in [0.4, 0.5) is 10.2 Å². The van der Waals surface area contributed by atoms with E-state index in [4.69, 9.17) is 34.1 Å². The molecule has 2 saturated heterocycles. The number of nitrogens with two attached hydrogens (primary N) is 1. The summed E-state index contributed by atoms with van der Waals surface area (Å²) in [6, 6.07) is 3.22. The number of rotatable bonds is 12. The highest BCUT2D eigenvalue weighted by Gasteiger charge is 2.74. The summed E-state index contributed by atoms with van der Waals surface area (Å²) in [7, 11) is -4.13. The van der Waals surface area contributed by atoms with Crippen LogP contribution in [0.5, 0.6) is 0 Å². The van der Waals surface area contributed by atoms with Crippen molar-refractivity contribution in [1.82, 2.24) is 14.6 Å². The third kappa shape index (κ3) is 5.44. The number of phosphoric ester groups is 1. The monoisotopic (exact) mass is 688 g/mol. The van der Waals surface area contributed by atoms with Gasteiger partial charge in [0.1, 0.15) is 41.9 Å². The maximum absolute atomic E-state index is 14.1. The molecule has 0 spiro atoms. The minimum Gasteiger partial charge on any atom is -0.393 e. The molecular weight excluding hydrogens is 657 g/mol. The number of methoxy groups -OCH3 is 1. The maximum Gasteiger partial charge on any atom is 0.482 e. The van der Waals surface area contributed by atoms with Crippen LogP contribution in [0.3, 0.4) is 0 Å². The number of alkyl halides is 1. The van der Waals surface area contributed by atoms with Gasteiger partial charge >= 0.3 is 14.6 Å². The van der Waals surface area contributed by atoms with Crippen molar-refractivity contribution in [3.63, 3.8) is 0 Å². The molecule has 8 N–H and O–H groups in total. The molecule has 18 nitrogen and oxygen atoms in total. The van der Waals surface area contributed by atoms with E-state index in [2.05, 4.69) is 33.2 Å². The zero-order chi connectivity index (χ0) is 32.4. The van der Waals surface area contributed by atoms with Gasteiger partial charge in [-0.05, 0) is 12.1 Å². The van der Waals surface area contributed by atoms with Gasteiger partial charge in [0, 0.05) is 7.11 Å². The Morgan fingerprint density at radius 2 is 2.02 bits per heavy atom. The fourth-order valence-corrected chi connectivity index (χ4v) is 9.11. The van der Waals surface area contributed by atoms with Crippen molar-refractivity contribution < 1.29 is 71.5 Å². The second-order valence-corrected chi connectivity index (χ2v) is 14.8. The summed E-state index contributed by atoms with van der Waals surface area (Å²) in [5.41, 5.74) is 5.12. The number of nitrogen functional groups attached to an aromatic ring is 1. The molecule has 22 heteroatoms. The number of anilines is 1. The van der Waals surface area contributed by atoms with E-state index in [1.165, 1.54) is 24.0 Å². The van der Waals surface area contributed by atoms with Crippen LogP contribution in [0.25, 0.3) is 5.52 Å². The molecule has 8 unspecified atom stereocenters. The molecule has 44 heavy (non-hydrogen) atoms. The Balaban J connectivity index is 1.26. The highest BCUT2D eigenvalue weighted by atomic mass is 32.7. The zero-order valence-electron chi connectivity index (χ0n) is 22.7. The van der Waals surface area contributed by atoms with Crippen molar-refractivity contribution in [2.75, 3.05) is 26.1 Å². The Hall–Kier alpha value is -1.58. The van der Waals surface area contributed by atoms with Crippen LogP contribution in [0, 0.1) is 11.8 Å². The molecule has 1 saturated carbocycles. The molecule has 2 aromatic heterocycles. The predicted molar refractivity (Wildman–Crippen MR) is 146 cm³/mol. The lowest BCUT2D eigenvalue weighted by Crippen LogP contribution is -2.64. The average Bonchev–Trinajstić information content (AvgIpc) is 3.53. The van der Waals surface area contributed by atoms with Gasteiger partial charge in [-0.15, -0.1) is 6.58 Å². The third-order valence-electron chi connectivity index (χ3n) is 8.04. The lowest BCUT2D eigenvalue weighted by molar-refractivity contribution is -0.426. The molecule has 3 aliphatic rings. The number of aliphatic hydroxyl groups is 5. The van der Waals surface area contributed by atoms with Crippen LogP contribution in [-0.4, -0.2) is 114 Å². The first kappa shape index (κ1) is 33.8. The fraction of sp³-hybridized carbons (Fsp3) is 0.636. The number of nitrogens with zero attached hydrogens (tertiary/aromatic N) is 3. The standard InChI is InChI=1S/C22H31FN4O14P2S/c1-3-21(36-2)17(31)12(38-18(21)10-4-5-11-19(24)25-8-26-27(10)11)7-37-43(35,44)41-42(33,34)40-20-14-16(30)15(29)13(9(23)6-28)22(14,32)39-20/h3-5,8-9,12-18,20,28-32H,1,6-7H2,2H3,(H,33,34)(H,35,44)(H2,24,25,26)/t9-,12+,13?,14?,15?,16?,17+,18-,20?,21+,22?,43?/m0/s1. The van der Waals surface area contributed by atoms with Gasteiger partial charge in [0.2, 0.25) is 0 Å². The summed E-state index contributed by atoms with van der Waals surface area (Å²) >= 11 is 3.68. The van der Waals surface area contributed by atoms with Gasteiger partial charge in [-0.25, -0.2) is 23.0 Å². The smallest absolute Gasteiger partial charge is 0.393 e. The molecule has 13 atom stereocenters. The number of ether oxygens (including phenoxy) is 3. The minimum atomic E-state index is -5.42. The molecule has 0 amide bonds. The molecule has 0 aromatic carbocycles. The van der Waals surface area contributed by atoms with Gasteiger partial charge < -0.3 is 50.4 Å². The number of hydrogen-bond donors (Lipinski definition) is 8. The second kappa shape index (κ2) is 11.9. The molecule has 0 radical (unpaired) electrons. The molecule has 3 fully saturated rings. The number of aromatic nitrogens is 3. The highest BCUT2D eigenvalue weighted by molar-refractivity contribution is 8.45. The largest absolute Gasteiger partial charge is 0.482 e. The first-order valence-corrected chi connectivity index (χ1v) is 17.1. The van der Waals surface area contributed by atoms with Gasteiger partial charge in [-0.2, -0.15) is 9.41 Å². The molecule has 4 heterocycles. The van der Waals surface area contributed by atoms with Crippen molar-refractivity contribution in [3.8, 4) is 0 Å². The van der Waals surface area contributed by atoms with Crippen molar-refractivity contribution in [1.29, 1.82) is 0 Å². The first-order valence-electron chi connectivity index (χ1n) is 12.9. The van der Waals surface area contributed by atoms with Gasteiger partial charge in [0.05, 0.1) is 43.0 Å². The molecule has 1 aliphatic carbocycles. The van der Waals surface area contributed by atoms with Crippen molar-refractivity contribution in [2.45, 2.75) is 54.4 Å². The van der Waals surface area contributed by atoms with E-state index < -0.39 is 94.0 Å². The lowest BCUT2D eigenvalue weighted by atomic mass is 9.87. The van der Waals surface area contributed by atoms with E-state index in [9.17, 15) is 38.8 Å². The van der Waals surface area contributed by atoms with Crippen molar-refractivity contribution in [2.24, 2.45) is 11.8 Å². The van der Waals surface area contributed by atoms with Crippen LogP contribution >= 0.6 is 26.9 Å². The normalized spacial score (nSPS) is 40.2. The Labute approximate surface area is 253 Å². The second-order valence-electron chi connectivity index (χ2n) is 10.4. The van der Waals surface area contributed by atoms with Gasteiger partial charge in [-0.3, -0.25) is 9.05 Å². The summed E-state index contributed by atoms with van der Waals surface area (Å²) in [4.78, 5) is 14.1. The molecular formula is C22H31FN4O14P2S. The number of thiol groups is 1. The molecule has 2 aliphatic heterocycles. The summed E-state index contributed by atoms with van der Waals surface area (Å²) < 4.78 is 72.1. The summed E-state index contributed by atoms with van der Waals surface area (Å²) in [6.07, 6.45) is -9.35. The quantitative estimate of drug-likeness (QED) is 0.0772. The Bertz CT molecular complexity index is 1510. The zero-order valence-corrected chi connectivity index (χ0v) is 25.4. The predicted octanol–water partition coefficient (Wildman–Crippen LogP) is -0.785. The summed E-state index contributed by atoms with van der Waals surface area (Å²) in [5.74, 6) is -5.84. The third-order valence-corrected chi connectivity index (χ3v) is 11.6. The van der Waals surface area contributed by atoms with Crippen LogP contribution in [0.15, 0.2) is 31.1 Å². The summed E-state index contributed by atoms with van der Waals surface area (Å²) in [5, 5.41) is 55.3. The van der Waals surface area contributed by atoms with Crippen LogP contribution < -0.4 is 5.73 Å². The van der Waals surface area contributed by atoms with Crippen molar-refractivity contribution >= 4 is 38.2 Å². The van der Waals surface area contributed by atoms with Gasteiger partial charge in [0.25, 0.3) is 0 Å². The topological polar surface area (TPSA) is 267 Å². The van der Waals surface area contributed by atoms with E-state index in [0.717, 1.165) is 0 Å². The SMILES string of the molecule is C=C[C@@]1(OC)[C@H](O)[C@@H](COP(=O)(S)OP(=O)(O)OC2OC3(O)C2C(O)C(O)C3[C@@H](F)CO)O[C@H]1c1ccc2c(N)ncnn12. The van der Waals surface area contributed by atoms with Crippen LogP contribution in [-0.2, 0) is 36.7 Å². The minimum absolute atomic E-state index is 0.169.